The highest BCUT2D eigenvalue weighted by molar-refractivity contribution is 7.15. The van der Waals surface area contributed by atoms with E-state index in [9.17, 15) is 4.79 Å². The van der Waals surface area contributed by atoms with Crippen LogP contribution in [0.15, 0.2) is 48.7 Å². The van der Waals surface area contributed by atoms with Crippen molar-refractivity contribution in [2.75, 3.05) is 6.61 Å². The molecule has 0 saturated heterocycles. The Kier molecular flexibility index (Phi) is 5.53. The van der Waals surface area contributed by atoms with Crippen LogP contribution in [0.25, 0.3) is 10.4 Å². The smallest absolute Gasteiger partial charge is 0.341 e. The lowest BCUT2D eigenvalue weighted by Crippen LogP contribution is -2.10. The van der Waals surface area contributed by atoms with E-state index in [1.807, 2.05) is 31.3 Å². The van der Waals surface area contributed by atoms with Gasteiger partial charge in [0, 0.05) is 6.20 Å². The van der Waals surface area contributed by atoms with E-state index in [2.05, 4.69) is 24.0 Å². The number of carbonyl (C=O) groups is 1. The quantitative estimate of drug-likeness (QED) is 0.665. The van der Waals surface area contributed by atoms with Gasteiger partial charge in [0.1, 0.15) is 23.1 Å². The van der Waals surface area contributed by atoms with Gasteiger partial charge in [0.25, 0.3) is 0 Å². The van der Waals surface area contributed by atoms with Crippen LogP contribution >= 0.6 is 11.3 Å². The van der Waals surface area contributed by atoms with E-state index in [1.54, 1.807) is 23.5 Å². The molecule has 0 saturated carbocycles. The summed E-state index contributed by atoms with van der Waals surface area (Å²) in [4.78, 5) is 16.1. The molecule has 0 amide bonds. The summed E-state index contributed by atoms with van der Waals surface area (Å²) in [6.45, 7) is 3.96. The van der Waals surface area contributed by atoms with Crippen LogP contribution in [-0.2, 0) is 11.4 Å². The zero-order valence-corrected chi connectivity index (χ0v) is 15.4. The van der Waals surface area contributed by atoms with Crippen molar-refractivity contribution in [1.82, 2.24) is 4.98 Å². The topological polar surface area (TPSA) is 68.7 Å². The van der Waals surface area contributed by atoms with Gasteiger partial charge in [-0.25, -0.2) is 9.78 Å². The molecule has 0 spiro atoms. The Morgan fingerprint density at radius 1 is 1.12 bits per heavy atom. The molecule has 0 fully saturated rings. The molecule has 6 heteroatoms. The van der Waals surface area contributed by atoms with Crippen molar-refractivity contribution in [2.45, 2.75) is 20.5 Å². The van der Waals surface area contributed by atoms with Gasteiger partial charge < -0.3 is 14.6 Å². The molecule has 0 aliphatic rings. The van der Waals surface area contributed by atoms with Crippen LogP contribution in [-0.4, -0.2) is 22.7 Å². The van der Waals surface area contributed by atoms with Crippen molar-refractivity contribution in [3.8, 4) is 21.9 Å². The van der Waals surface area contributed by atoms with Crippen LogP contribution < -0.4 is 9.47 Å². The Hall–Kier alpha value is -2.86. The minimum absolute atomic E-state index is 0.359. The molecule has 5 nitrogen and oxygen atoms in total. The molecule has 0 radical (unpaired) electrons. The highest BCUT2D eigenvalue weighted by Gasteiger charge is 2.08. The van der Waals surface area contributed by atoms with E-state index >= 15 is 0 Å². The fourth-order valence-electron chi connectivity index (χ4n) is 2.51. The van der Waals surface area contributed by atoms with Crippen molar-refractivity contribution >= 4 is 17.3 Å². The third-order valence-corrected chi connectivity index (χ3v) is 4.83. The van der Waals surface area contributed by atoms with Crippen molar-refractivity contribution < 1.29 is 19.4 Å². The maximum atomic E-state index is 10.6. The summed E-state index contributed by atoms with van der Waals surface area (Å²) in [5.41, 5.74) is 3.23. The van der Waals surface area contributed by atoms with Gasteiger partial charge in [-0.15, -0.1) is 11.3 Å². The molecule has 0 unspecified atom stereocenters. The molecule has 0 aliphatic carbocycles. The highest BCUT2D eigenvalue weighted by atomic mass is 32.1. The number of aryl methyl sites for hydroxylation is 2. The average molecular weight is 369 g/mol. The third kappa shape index (κ3) is 4.40. The largest absolute Gasteiger partial charge is 0.486 e. The molecular formula is C20H19NO4S. The van der Waals surface area contributed by atoms with E-state index in [1.165, 1.54) is 11.1 Å². The second-order valence-electron chi connectivity index (χ2n) is 5.83. The van der Waals surface area contributed by atoms with Gasteiger partial charge in [-0.05, 0) is 48.7 Å². The zero-order valence-electron chi connectivity index (χ0n) is 14.6. The van der Waals surface area contributed by atoms with Gasteiger partial charge in [0.2, 0.25) is 0 Å². The monoisotopic (exact) mass is 369 g/mol. The third-order valence-electron chi connectivity index (χ3n) is 3.82. The van der Waals surface area contributed by atoms with Crippen LogP contribution in [0, 0.1) is 13.8 Å². The summed E-state index contributed by atoms with van der Waals surface area (Å²) in [6, 6.07) is 13.5. The average Bonchev–Trinajstić information content (AvgIpc) is 3.08. The van der Waals surface area contributed by atoms with Gasteiger partial charge in [-0.1, -0.05) is 24.3 Å². The second kappa shape index (κ2) is 8.01. The van der Waals surface area contributed by atoms with Crippen molar-refractivity contribution in [3.05, 3.63) is 64.8 Å². The van der Waals surface area contributed by atoms with E-state index in [0.717, 1.165) is 15.4 Å². The van der Waals surface area contributed by atoms with E-state index < -0.39 is 5.97 Å². The number of carboxylic acid groups (broad SMARTS) is 1. The summed E-state index contributed by atoms with van der Waals surface area (Å²) in [6.07, 6.45) is 1.87. The molecule has 3 rings (SSSR count). The highest BCUT2D eigenvalue weighted by Crippen LogP contribution is 2.30. The SMILES string of the molecule is Cc1cc(OCc2ncc(-c3ccccc3C)s2)ccc1OCC(=O)O. The number of carboxylic acids is 1. The first kappa shape index (κ1) is 17.9. The normalized spacial score (nSPS) is 10.5. The number of aromatic nitrogens is 1. The second-order valence-corrected chi connectivity index (χ2v) is 6.95. The number of nitrogens with zero attached hydrogens (tertiary/aromatic N) is 1. The van der Waals surface area contributed by atoms with Crippen LogP contribution in [0.2, 0.25) is 0 Å². The summed E-state index contributed by atoms with van der Waals surface area (Å²) >= 11 is 1.61. The molecule has 0 aliphatic heterocycles. The number of benzene rings is 2. The molecular weight excluding hydrogens is 350 g/mol. The number of ether oxygens (including phenoxy) is 2. The molecule has 3 aromatic rings. The van der Waals surface area contributed by atoms with Gasteiger partial charge in [-0.2, -0.15) is 0 Å². The molecule has 1 aromatic heterocycles. The fraction of sp³-hybridized carbons (Fsp3) is 0.200. The van der Waals surface area contributed by atoms with E-state index in [4.69, 9.17) is 14.6 Å². The lowest BCUT2D eigenvalue weighted by atomic mass is 10.1. The van der Waals surface area contributed by atoms with Gasteiger partial charge in [0.05, 0.1) is 4.88 Å². The summed E-state index contributed by atoms with van der Waals surface area (Å²) in [5.74, 6) is 0.228. The number of rotatable bonds is 7. The first-order valence-electron chi connectivity index (χ1n) is 8.11. The van der Waals surface area contributed by atoms with Crippen molar-refractivity contribution in [1.29, 1.82) is 0 Å². The predicted octanol–water partition coefficient (Wildman–Crippen LogP) is 4.47. The van der Waals surface area contributed by atoms with Gasteiger partial charge in [-0.3, -0.25) is 0 Å². The zero-order chi connectivity index (χ0) is 18.5. The van der Waals surface area contributed by atoms with Gasteiger partial charge >= 0.3 is 5.97 Å². The summed E-state index contributed by atoms with van der Waals surface area (Å²) in [7, 11) is 0. The van der Waals surface area contributed by atoms with Crippen LogP contribution in [0.4, 0.5) is 0 Å². The Balaban J connectivity index is 1.64. The number of hydrogen-bond donors (Lipinski definition) is 1. The maximum Gasteiger partial charge on any atom is 0.341 e. The molecule has 1 N–H and O–H groups in total. The maximum absolute atomic E-state index is 10.6. The summed E-state index contributed by atoms with van der Waals surface area (Å²) in [5, 5.41) is 9.57. The van der Waals surface area contributed by atoms with Crippen LogP contribution in [0.1, 0.15) is 16.1 Å². The number of thiazole rings is 1. The summed E-state index contributed by atoms with van der Waals surface area (Å²) < 4.78 is 11.0. The molecule has 1 heterocycles. The Labute approximate surface area is 155 Å². The first-order chi connectivity index (χ1) is 12.5. The fourth-order valence-corrected chi connectivity index (χ4v) is 3.43. The Morgan fingerprint density at radius 2 is 1.92 bits per heavy atom. The minimum Gasteiger partial charge on any atom is -0.486 e. The van der Waals surface area contributed by atoms with Gasteiger partial charge in [0.15, 0.2) is 6.61 Å². The minimum atomic E-state index is -1.00. The molecule has 0 bridgehead atoms. The first-order valence-corrected chi connectivity index (χ1v) is 8.93. The van der Waals surface area contributed by atoms with Crippen molar-refractivity contribution in [3.63, 3.8) is 0 Å². The lowest BCUT2D eigenvalue weighted by molar-refractivity contribution is -0.139. The Morgan fingerprint density at radius 3 is 2.65 bits per heavy atom. The van der Waals surface area contributed by atoms with E-state index in [0.29, 0.717) is 18.1 Å². The number of aliphatic carboxylic acids is 1. The standard InChI is InChI=1S/C20H19NO4S/c1-13-5-3-4-6-16(13)18-10-21-19(26-18)11-24-15-7-8-17(14(2)9-15)25-12-20(22)23/h3-10H,11-12H2,1-2H3,(H,22,23). The molecule has 2 aromatic carbocycles. The number of hydrogen-bond acceptors (Lipinski definition) is 5. The van der Waals surface area contributed by atoms with E-state index in [-0.39, 0.29) is 6.61 Å². The molecule has 0 atom stereocenters. The predicted molar refractivity (Wildman–Crippen MR) is 101 cm³/mol. The Bertz CT molecular complexity index is 920. The van der Waals surface area contributed by atoms with Crippen LogP contribution in [0.5, 0.6) is 11.5 Å². The molecule has 134 valence electrons. The van der Waals surface area contributed by atoms with Crippen molar-refractivity contribution in [2.24, 2.45) is 0 Å². The lowest BCUT2D eigenvalue weighted by Gasteiger charge is -2.09. The van der Waals surface area contributed by atoms with Crippen LogP contribution in [0.3, 0.4) is 0 Å². The molecule has 26 heavy (non-hydrogen) atoms.